The predicted molar refractivity (Wildman–Crippen MR) is 104 cm³/mol. The van der Waals surface area contributed by atoms with Crippen LogP contribution in [0, 0.1) is 6.92 Å². The summed E-state index contributed by atoms with van der Waals surface area (Å²) >= 11 is 0. The molecule has 164 valence electrons. The van der Waals surface area contributed by atoms with Crippen LogP contribution in [0.4, 0.5) is 30.6 Å². The lowest BCUT2D eigenvalue weighted by Crippen LogP contribution is -2.45. The van der Waals surface area contributed by atoms with Crippen molar-refractivity contribution in [2.24, 2.45) is 0 Å². The number of nitrogens with zero attached hydrogens (tertiary/aromatic N) is 2. The van der Waals surface area contributed by atoms with Crippen molar-refractivity contribution in [1.29, 1.82) is 0 Å². The molecule has 0 saturated heterocycles. The Labute approximate surface area is 174 Å². The summed E-state index contributed by atoms with van der Waals surface area (Å²) in [5.74, 6) is -1.13. The van der Waals surface area contributed by atoms with Crippen molar-refractivity contribution in [3.8, 4) is 5.88 Å². The van der Waals surface area contributed by atoms with E-state index in [4.69, 9.17) is 4.74 Å². The van der Waals surface area contributed by atoms with Crippen LogP contribution in [0.25, 0.3) is 0 Å². The standard InChI is InChI=1S/C19H19F3N6O3/c1-10-3-2-4-11(7-10)25-13-12-14(29)24-9-31-15(12)27-17(26-13)28-18(5-6-18)16(30)23-8-19(20,21)22/h2-4,7H,5-6,8-9H2,1H3,(H,23,30)(H,24,29)(H2,25,26,27,28). The summed E-state index contributed by atoms with van der Waals surface area (Å²) in [6, 6.07) is 7.35. The van der Waals surface area contributed by atoms with E-state index >= 15 is 0 Å². The van der Waals surface area contributed by atoms with Crippen LogP contribution in [0.5, 0.6) is 5.88 Å². The topological polar surface area (TPSA) is 117 Å². The molecule has 2 aromatic rings. The Morgan fingerprint density at radius 3 is 2.74 bits per heavy atom. The van der Waals surface area contributed by atoms with Gasteiger partial charge in [-0.25, -0.2) is 0 Å². The molecule has 9 nitrogen and oxygen atoms in total. The van der Waals surface area contributed by atoms with Crippen LogP contribution in [-0.4, -0.2) is 46.8 Å². The Morgan fingerprint density at radius 1 is 1.29 bits per heavy atom. The lowest BCUT2D eigenvalue weighted by Gasteiger charge is -2.22. The van der Waals surface area contributed by atoms with Gasteiger partial charge >= 0.3 is 6.18 Å². The fourth-order valence-electron chi connectivity index (χ4n) is 3.11. The van der Waals surface area contributed by atoms with E-state index in [1.54, 1.807) is 6.07 Å². The second kappa shape index (κ2) is 7.60. The third kappa shape index (κ3) is 4.62. The van der Waals surface area contributed by atoms with Gasteiger partial charge in [-0.2, -0.15) is 23.1 Å². The lowest BCUT2D eigenvalue weighted by molar-refractivity contribution is -0.139. The number of nitrogens with one attached hydrogen (secondary N) is 4. The van der Waals surface area contributed by atoms with Gasteiger partial charge in [-0.3, -0.25) is 9.59 Å². The van der Waals surface area contributed by atoms with Gasteiger partial charge in [0.1, 0.15) is 17.6 Å². The van der Waals surface area contributed by atoms with Crippen molar-refractivity contribution in [1.82, 2.24) is 20.6 Å². The number of ether oxygens (including phenoxy) is 1. The number of carbonyl (C=O) groups is 2. The van der Waals surface area contributed by atoms with Crippen molar-refractivity contribution < 1.29 is 27.5 Å². The van der Waals surface area contributed by atoms with Gasteiger partial charge in [0.25, 0.3) is 5.91 Å². The summed E-state index contributed by atoms with van der Waals surface area (Å²) in [4.78, 5) is 33.1. The number of anilines is 3. The van der Waals surface area contributed by atoms with E-state index in [0.717, 1.165) is 5.56 Å². The zero-order chi connectivity index (χ0) is 22.2. The first-order valence-electron chi connectivity index (χ1n) is 9.45. The second-order valence-electron chi connectivity index (χ2n) is 7.37. The molecule has 1 aliphatic heterocycles. The molecule has 1 fully saturated rings. The molecule has 1 aromatic heterocycles. The molecule has 4 N–H and O–H groups in total. The van der Waals surface area contributed by atoms with Gasteiger partial charge < -0.3 is 26.0 Å². The Balaban J connectivity index is 1.61. The Hall–Kier alpha value is -3.57. The van der Waals surface area contributed by atoms with E-state index in [0.29, 0.717) is 18.5 Å². The second-order valence-corrected chi connectivity index (χ2v) is 7.37. The van der Waals surface area contributed by atoms with Crippen LogP contribution in [0.1, 0.15) is 28.8 Å². The highest BCUT2D eigenvalue weighted by Crippen LogP contribution is 2.40. The van der Waals surface area contributed by atoms with Crippen LogP contribution < -0.4 is 26.0 Å². The fourth-order valence-corrected chi connectivity index (χ4v) is 3.11. The Kier molecular flexibility index (Phi) is 5.07. The Morgan fingerprint density at radius 2 is 2.06 bits per heavy atom. The van der Waals surface area contributed by atoms with Crippen molar-refractivity contribution in [2.75, 3.05) is 23.9 Å². The van der Waals surface area contributed by atoms with E-state index in [-0.39, 0.29) is 29.9 Å². The summed E-state index contributed by atoms with van der Waals surface area (Å²) in [6.07, 6.45) is -3.88. The minimum atomic E-state index is -4.51. The van der Waals surface area contributed by atoms with Gasteiger partial charge in [0.05, 0.1) is 0 Å². The van der Waals surface area contributed by atoms with Gasteiger partial charge in [0.2, 0.25) is 17.7 Å². The molecule has 2 aliphatic rings. The maximum Gasteiger partial charge on any atom is 0.405 e. The van der Waals surface area contributed by atoms with Crippen LogP contribution in [0.2, 0.25) is 0 Å². The molecule has 0 bridgehead atoms. The molecule has 2 amide bonds. The molecular weight excluding hydrogens is 417 g/mol. The number of halogens is 3. The molecule has 12 heteroatoms. The van der Waals surface area contributed by atoms with Gasteiger partial charge in [-0.1, -0.05) is 12.1 Å². The normalized spacial score (nSPS) is 16.5. The van der Waals surface area contributed by atoms with E-state index in [2.05, 4.69) is 25.9 Å². The Bertz CT molecular complexity index is 1040. The van der Waals surface area contributed by atoms with Crippen molar-refractivity contribution in [3.63, 3.8) is 0 Å². The molecule has 0 spiro atoms. The monoisotopic (exact) mass is 436 g/mol. The van der Waals surface area contributed by atoms with Gasteiger partial charge in [0, 0.05) is 5.69 Å². The zero-order valence-corrected chi connectivity index (χ0v) is 16.4. The SMILES string of the molecule is Cc1cccc(Nc2nc(NC3(C(=O)NCC(F)(F)F)CC3)nc3c2C(=O)NCO3)c1. The number of amides is 2. The van der Waals surface area contributed by atoms with E-state index in [1.165, 1.54) is 0 Å². The first-order chi connectivity index (χ1) is 14.7. The van der Waals surface area contributed by atoms with E-state index < -0.39 is 30.1 Å². The molecule has 1 aliphatic carbocycles. The molecule has 0 atom stereocenters. The smallest absolute Gasteiger partial charge is 0.405 e. The molecule has 1 aromatic carbocycles. The molecule has 2 heterocycles. The van der Waals surface area contributed by atoms with Gasteiger partial charge in [-0.05, 0) is 37.5 Å². The number of aryl methyl sites for hydroxylation is 1. The number of alkyl halides is 3. The van der Waals surface area contributed by atoms with Crippen molar-refractivity contribution in [2.45, 2.75) is 31.5 Å². The third-order valence-corrected chi connectivity index (χ3v) is 4.81. The van der Waals surface area contributed by atoms with Crippen molar-refractivity contribution >= 4 is 29.3 Å². The van der Waals surface area contributed by atoms with Crippen molar-refractivity contribution in [3.05, 3.63) is 35.4 Å². The number of hydrogen-bond donors (Lipinski definition) is 4. The largest absolute Gasteiger partial charge is 0.456 e. The minimum Gasteiger partial charge on any atom is -0.456 e. The average Bonchev–Trinajstić information content (AvgIpc) is 3.46. The van der Waals surface area contributed by atoms with Crippen LogP contribution in [0.3, 0.4) is 0 Å². The zero-order valence-electron chi connectivity index (χ0n) is 16.4. The number of hydrogen-bond acceptors (Lipinski definition) is 7. The van der Waals surface area contributed by atoms with Crippen LogP contribution in [-0.2, 0) is 4.79 Å². The molecule has 0 radical (unpaired) electrons. The predicted octanol–water partition coefficient (Wildman–Crippen LogP) is 2.23. The molecule has 31 heavy (non-hydrogen) atoms. The summed E-state index contributed by atoms with van der Waals surface area (Å²) in [6.45, 7) is 0.382. The highest BCUT2D eigenvalue weighted by Gasteiger charge is 2.51. The van der Waals surface area contributed by atoms with Crippen LogP contribution in [0.15, 0.2) is 24.3 Å². The number of fused-ring (bicyclic) bond motifs is 1. The maximum absolute atomic E-state index is 12.4. The first-order valence-corrected chi connectivity index (χ1v) is 9.45. The lowest BCUT2D eigenvalue weighted by atomic mass is 10.2. The highest BCUT2D eigenvalue weighted by molar-refractivity contribution is 6.02. The van der Waals surface area contributed by atoms with E-state index in [1.807, 2.05) is 30.4 Å². The number of carbonyl (C=O) groups excluding carboxylic acids is 2. The number of aromatic nitrogens is 2. The summed E-state index contributed by atoms with van der Waals surface area (Å²) < 4.78 is 42.7. The average molecular weight is 436 g/mol. The number of benzene rings is 1. The quantitative estimate of drug-likeness (QED) is 0.549. The molecule has 4 rings (SSSR count). The maximum atomic E-state index is 12.4. The van der Waals surface area contributed by atoms with Crippen LogP contribution >= 0.6 is 0 Å². The summed E-state index contributed by atoms with van der Waals surface area (Å²) in [5.41, 5.74) is 0.487. The highest BCUT2D eigenvalue weighted by atomic mass is 19.4. The number of rotatable bonds is 6. The van der Waals surface area contributed by atoms with Gasteiger partial charge in [0.15, 0.2) is 12.5 Å². The molecule has 0 unspecified atom stereocenters. The fraction of sp³-hybridized carbons (Fsp3) is 0.368. The first kappa shape index (κ1) is 20.7. The minimum absolute atomic E-state index is 0.00269. The molecule has 1 saturated carbocycles. The summed E-state index contributed by atoms with van der Waals surface area (Å²) in [7, 11) is 0. The third-order valence-electron chi connectivity index (χ3n) is 4.81. The van der Waals surface area contributed by atoms with Gasteiger partial charge in [-0.15, -0.1) is 0 Å². The van der Waals surface area contributed by atoms with E-state index in [9.17, 15) is 22.8 Å². The molecular formula is C19H19F3N6O3. The summed E-state index contributed by atoms with van der Waals surface area (Å²) in [5, 5.41) is 10.3.